The molecule has 10 nitrogen and oxygen atoms in total. The second-order valence-corrected chi connectivity index (χ2v) is 12.6. The lowest BCUT2D eigenvalue weighted by Gasteiger charge is -2.21. The van der Waals surface area contributed by atoms with Crippen LogP contribution in [0.25, 0.3) is 10.2 Å². The van der Waals surface area contributed by atoms with Crippen molar-refractivity contribution in [1.82, 2.24) is 8.87 Å². The first-order valence-corrected chi connectivity index (χ1v) is 14.6. The SMILES string of the molecule is COCCN(CCOC)S(=O)(=O)c1ccc(C(=O)N=c2sc3cc(S(C)(=O)=O)ccc3n2C)cc1. The number of hydrogen-bond acceptors (Lipinski definition) is 8. The highest BCUT2D eigenvalue weighted by Gasteiger charge is 2.24. The molecular formula is C22H27N3O7S3. The lowest BCUT2D eigenvalue weighted by atomic mass is 10.2. The Kier molecular flexibility index (Phi) is 8.62. The molecule has 0 fully saturated rings. The summed E-state index contributed by atoms with van der Waals surface area (Å²) in [6, 6.07) is 10.3. The van der Waals surface area contributed by atoms with Gasteiger partial charge in [-0.15, -0.1) is 0 Å². The van der Waals surface area contributed by atoms with Crippen LogP contribution in [0.4, 0.5) is 0 Å². The Hall–Kier alpha value is -2.42. The fourth-order valence-corrected chi connectivity index (χ4v) is 6.45. The van der Waals surface area contributed by atoms with Crippen LogP contribution in [0, 0.1) is 0 Å². The zero-order chi connectivity index (χ0) is 25.8. The maximum atomic E-state index is 13.0. The fourth-order valence-electron chi connectivity index (χ4n) is 3.26. The summed E-state index contributed by atoms with van der Waals surface area (Å²) in [6.07, 6.45) is 1.13. The van der Waals surface area contributed by atoms with E-state index in [9.17, 15) is 21.6 Å². The predicted octanol–water partition coefficient (Wildman–Crippen LogP) is 1.67. The predicted molar refractivity (Wildman–Crippen MR) is 133 cm³/mol. The van der Waals surface area contributed by atoms with Gasteiger partial charge < -0.3 is 14.0 Å². The average Bonchev–Trinajstić information content (AvgIpc) is 3.13. The third-order valence-corrected chi connectivity index (χ3v) is 9.35. The first-order valence-electron chi connectivity index (χ1n) is 10.5. The molecule has 0 spiro atoms. The van der Waals surface area contributed by atoms with Crippen molar-refractivity contribution >= 4 is 47.3 Å². The number of amides is 1. The number of sulfonamides is 1. The molecule has 3 rings (SSSR count). The number of carbonyl (C=O) groups is 1. The molecule has 0 N–H and O–H groups in total. The van der Waals surface area contributed by atoms with Crippen molar-refractivity contribution in [3.8, 4) is 0 Å². The van der Waals surface area contributed by atoms with Crippen LogP contribution in [0.15, 0.2) is 57.2 Å². The molecule has 0 aliphatic rings. The van der Waals surface area contributed by atoms with Crippen molar-refractivity contribution in [2.24, 2.45) is 12.0 Å². The number of methoxy groups -OCH3 is 2. The lowest BCUT2D eigenvalue weighted by Crippen LogP contribution is -2.36. The van der Waals surface area contributed by atoms with Gasteiger partial charge in [0.15, 0.2) is 14.6 Å². The second-order valence-electron chi connectivity index (χ2n) is 7.68. The molecule has 0 unspecified atom stereocenters. The number of thiazole rings is 1. The number of hydrogen-bond donors (Lipinski definition) is 0. The summed E-state index contributed by atoms with van der Waals surface area (Å²) in [4.78, 5) is 17.6. The van der Waals surface area contributed by atoms with Crippen LogP contribution in [0.2, 0.25) is 0 Å². The zero-order valence-electron chi connectivity index (χ0n) is 19.8. The van der Waals surface area contributed by atoms with Gasteiger partial charge in [-0.05, 0) is 42.5 Å². The standard InChI is InChI=1S/C22H27N3O7S3/c1-24-19-10-9-18(34(4,27)28)15-20(19)33-22(24)23-21(26)16-5-7-17(8-6-16)35(29,30)25(11-13-31-2)12-14-32-3/h5-10,15H,11-14H2,1-4H3. The normalized spacial score (nSPS) is 13.1. The summed E-state index contributed by atoms with van der Waals surface area (Å²) in [5, 5.41) is 0. The molecule has 1 amide bonds. The minimum Gasteiger partial charge on any atom is -0.383 e. The topological polar surface area (TPSA) is 124 Å². The van der Waals surface area contributed by atoms with E-state index in [-0.39, 0.29) is 41.7 Å². The van der Waals surface area contributed by atoms with Crippen LogP contribution in [0.5, 0.6) is 0 Å². The smallest absolute Gasteiger partial charge is 0.279 e. The Balaban J connectivity index is 1.90. The number of carbonyl (C=O) groups excluding carboxylic acids is 1. The summed E-state index contributed by atoms with van der Waals surface area (Å²) in [5.74, 6) is -0.546. The van der Waals surface area contributed by atoms with E-state index in [0.717, 1.165) is 11.8 Å². The summed E-state index contributed by atoms with van der Waals surface area (Å²) in [7, 11) is -2.45. The maximum absolute atomic E-state index is 13.0. The first kappa shape index (κ1) is 27.2. The third kappa shape index (κ3) is 6.23. The Labute approximate surface area is 208 Å². The summed E-state index contributed by atoms with van der Waals surface area (Å²) >= 11 is 1.19. The van der Waals surface area contributed by atoms with Gasteiger partial charge in [0, 0.05) is 46.2 Å². The van der Waals surface area contributed by atoms with Gasteiger partial charge in [-0.3, -0.25) is 4.79 Å². The molecule has 0 aliphatic carbocycles. The number of nitrogens with zero attached hydrogens (tertiary/aromatic N) is 3. The quantitative estimate of drug-likeness (QED) is 0.382. The molecule has 0 saturated carbocycles. The third-order valence-electron chi connectivity index (χ3n) is 5.23. The van der Waals surface area contributed by atoms with Crippen LogP contribution < -0.4 is 4.80 Å². The van der Waals surface area contributed by atoms with Crippen molar-refractivity contribution in [3.05, 3.63) is 52.8 Å². The van der Waals surface area contributed by atoms with Gasteiger partial charge >= 0.3 is 0 Å². The van der Waals surface area contributed by atoms with Gasteiger partial charge in [-0.1, -0.05) is 11.3 Å². The molecule has 3 aromatic rings. The van der Waals surface area contributed by atoms with Crippen LogP contribution in [0.3, 0.4) is 0 Å². The number of ether oxygens (including phenoxy) is 2. The highest BCUT2D eigenvalue weighted by molar-refractivity contribution is 7.90. The maximum Gasteiger partial charge on any atom is 0.279 e. The monoisotopic (exact) mass is 541 g/mol. The number of aryl methyl sites for hydroxylation is 1. The highest BCUT2D eigenvalue weighted by atomic mass is 32.2. The first-order chi connectivity index (χ1) is 16.5. The van der Waals surface area contributed by atoms with Crippen molar-refractivity contribution in [3.63, 3.8) is 0 Å². The summed E-state index contributed by atoms with van der Waals surface area (Å²) in [6.45, 7) is 0.801. The summed E-state index contributed by atoms with van der Waals surface area (Å²) < 4.78 is 63.4. The van der Waals surface area contributed by atoms with Crippen molar-refractivity contribution in [2.45, 2.75) is 9.79 Å². The number of sulfone groups is 1. The molecule has 1 aromatic heterocycles. The molecule has 13 heteroatoms. The van der Waals surface area contributed by atoms with E-state index in [1.165, 1.54) is 60.2 Å². The van der Waals surface area contributed by atoms with Gasteiger partial charge in [0.2, 0.25) is 10.0 Å². The number of benzene rings is 2. The van der Waals surface area contributed by atoms with Gasteiger partial charge in [0.25, 0.3) is 5.91 Å². The Morgan fingerprint density at radius 3 is 2.09 bits per heavy atom. The molecule has 0 radical (unpaired) electrons. The van der Waals surface area contributed by atoms with E-state index in [4.69, 9.17) is 9.47 Å². The van der Waals surface area contributed by atoms with Crippen LogP contribution in [0.1, 0.15) is 10.4 Å². The molecule has 0 bridgehead atoms. The molecular weight excluding hydrogens is 514 g/mol. The van der Waals surface area contributed by atoms with Gasteiger partial charge in [0.05, 0.1) is 33.2 Å². The van der Waals surface area contributed by atoms with E-state index in [0.29, 0.717) is 9.50 Å². The van der Waals surface area contributed by atoms with Crippen LogP contribution in [-0.2, 0) is 36.4 Å². The van der Waals surface area contributed by atoms with Crippen LogP contribution >= 0.6 is 11.3 Å². The highest BCUT2D eigenvalue weighted by Crippen LogP contribution is 2.21. The fraction of sp³-hybridized carbons (Fsp3) is 0.364. The molecule has 2 aromatic carbocycles. The van der Waals surface area contributed by atoms with E-state index in [1.54, 1.807) is 23.7 Å². The van der Waals surface area contributed by atoms with Crippen LogP contribution in [-0.4, -0.2) is 78.4 Å². The van der Waals surface area contributed by atoms with Crippen molar-refractivity contribution in [1.29, 1.82) is 0 Å². The zero-order valence-corrected chi connectivity index (χ0v) is 22.2. The second kappa shape index (κ2) is 11.1. The van der Waals surface area contributed by atoms with E-state index in [2.05, 4.69) is 4.99 Å². The number of aromatic nitrogens is 1. The minimum absolute atomic E-state index is 0.0435. The summed E-state index contributed by atoms with van der Waals surface area (Å²) in [5.41, 5.74) is 0.959. The number of fused-ring (bicyclic) bond motifs is 1. The van der Waals surface area contributed by atoms with Gasteiger partial charge in [-0.25, -0.2) is 16.8 Å². The Morgan fingerprint density at radius 1 is 0.971 bits per heavy atom. The number of rotatable bonds is 10. The largest absolute Gasteiger partial charge is 0.383 e. The van der Waals surface area contributed by atoms with Gasteiger partial charge in [-0.2, -0.15) is 9.30 Å². The van der Waals surface area contributed by atoms with E-state index < -0.39 is 25.8 Å². The molecule has 0 aliphatic heterocycles. The molecule has 35 heavy (non-hydrogen) atoms. The molecule has 0 atom stereocenters. The van der Waals surface area contributed by atoms with E-state index >= 15 is 0 Å². The molecule has 190 valence electrons. The van der Waals surface area contributed by atoms with E-state index in [1.807, 2.05) is 0 Å². The average molecular weight is 542 g/mol. The Bertz CT molecular complexity index is 1480. The van der Waals surface area contributed by atoms with Crippen molar-refractivity contribution in [2.75, 3.05) is 46.8 Å². The van der Waals surface area contributed by atoms with Crippen molar-refractivity contribution < 1.29 is 31.1 Å². The minimum atomic E-state index is -3.81. The Morgan fingerprint density at radius 2 is 1.54 bits per heavy atom. The lowest BCUT2D eigenvalue weighted by molar-refractivity contribution is 0.0998. The molecule has 0 saturated heterocycles. The molecule has 1 heterocycles. The van der Waals surface area contributed by atoms with Gasteiger partial charge in [0.1, 0.15) is 0 Å².